The molecule has 32 heavy (non-hydrogen) atoms. The van der Waals surface area contributed by atoms with Crippen LogP contribution in [0.15, 0.2) is 36.8 Å². The number of anilines is 2. The van der Waals surface area contributed by atoms with E-state index >= 15 is 0 Å². The standard InChI is InChI=1S/C23H27N7O2/c1-5-15-8-10-31-23-18(13-27-30(23)4)22-25-9-7-20(29-22)28-21-11-19(32-15)17(12-26-21)16(6-2)14(3)24/h6-7,9,11-13,15,24H,5,8,10H2,1-4H3,(H,25,26,28,29)/b16-6+,24-14?. The summed E-state index contributed by atoms with van der Waals surface area (Å²) in [7, 11) is 1.83. The van der Waals surface area contributed by atoms with E-state index in [4.69, 9.17) is 14.9 Å². The number of hydrogen-bond acceptors (Lipinski definition) is 8. The lowest BCUT2D eigenvalue weighted by Gasteiger charge is -2.22. The van der Waals surface area contributed by atoms with Gasteiger partial charge in [0.2, 0.25) is 5.88 Å². The third-order valence-corrected chi connectivity index (χ3v) is 5.31. The van der Waals surface area contributed by atoms with Crippen molar-refractivity contribution < 1.29 is 9.47 Å². The molecular formula is C23H27N7O2. The van der Waals surface area contributed by atoms with Gasteiger partial charge in [-0.2, -0.15) is 5.10 Å². The van der Waals surface area contributed by atoms with Crippen LogP contribution in [0, 0.1) is 5.41 Å². The molecule has 1 atom stereocenters. The van der Waals surface area contributed by atoms with Crippen LogP contribution in [-0.2, 0) is 7.05 Å². The van der Waals surface area contributed by atoms with E-state index < -0.39 is 0 Å². The fourth-order valence-corrected chi connectivity index (χ4v) is 3.63. The SMILES string of the molecule is C/C=C(\C(C)=N)c1cnc2cc1OC(CC)CCOc1c(cnn1C)-c1nccc(n1)N2. The van der Waals surface area contributed by atoms with E-state index in [1.807, 2.05) is 26.1 Å². The van der Waals surface area contributed by atoms with Crippen LogP contribution in [-0.4, -0.2) is 43.2 Å². The summed E-state index contributed by atoms with van der Waals surface area (Å²) in [4.78, 5) is 13.6. The number of ether oxygens (including phenoxy) is 2. The van der Waals surface area contributed by atoms with E-state index in [1.165, 1.54) is 0 Å². The van der Waals surface area contributed by atoms with Crippen molar-refractivity contribution >= 4 is 22.9 Å². The first kappa shape index (κ1) is 21.5. The van der Waals surface area contributed by atoms with Crippen molar-refractivity contribution in [1.29, 1.82) is 5.41 Å². The molecule has 1 unspecified atom stereocenters. The molecule has 0 aliphatic carbocycles. The smallest absolute Gasteiger partial charge is 0.222 e. The fourth-order valence-electron chi connectivity index (χ4n) is 3.63. The second-order valence-electron chi connectivity index (χ2n) is 7.56. The Kier molecular flexibility index (Phi) is 6.16. The zero-order valence-electron chi connectivity index (χ0n) is 18.7. The van der Waals surface area contributed by atoms with Gasteiger partial charge in [0.05, 0.1) is 12.8 Å². The molecule has 4 bridgehead atoms. The fraction of sp³-hybridized carbons (Fsp3) is 0.348. The highest BCUT2D eigenvalue weighted by atomic mass is 16.5. The van der Waals surface area contributed by atoms with Gasteiger partial charge in [0.1, 0.15) is 29.1 Å². The molecule has 9 heteroatoms. The summed E-state index contributed by atoms with van der Waals surface area (Å²) in [6.07, 6.45) is 8.45. The maximum Gasteiger partial charge on any atom is 0.222 e. The van der Waals surface area contributed by atoms with Gasteiger partial charge in [0.15, 0.2) is 5.82 Å². The van der Waals surface area contributed by atoms with Crippen LogP contribution in [0.25, 0.3) is 17.0 Å². The Morgan fingerprint density at radius 2 is 2.16 bits per heavy atom. The zero-order valence-corrected chi connectivity index (χ0v) is 18.7. The predicted octanol–water partition coefficient (Wildman–Crippen LogP) is 4.40. The van der Waals surface area contributed by atoms with Crippen molar-refractivity contribution in [2.75, 3.05) is 11.9 Å². The van der Waals surface area contributed by atoms with Crippen LogP contribution < -0.4 is 14.8 Å². The molecule has 4 heterocycles. The molecule has 0 saturated carbocycles. The molecular weight excluding hydrogens is 406 g/mol. The van der Waals surface area contributed by atoms with E-state index in [0.717, 1.165) is 23.1 Å². The Bertz CT molecular complexity index is 1170. The topological polar surface area (TPSA) is 111 Å². The molecule has 0 fully saturated rings. The lowest BCUT2D eigenvalue weighted by molar-refractivity contribution is 0.154. The minimum atomic E-state index is -0.0677. The number of allylic oxidation sites excluding steroid dienone is 2. The largest absolute Gasteiger partial charge is 0.489 e. The van der Waals surface area contributed by atoms with E-state index in [-0.39, 0.29) is 6.10 Å². The molecule has 2 N–H and O–H groups in total. The summed E-state index contributed by atoms with van der Waals surface area (Å²) in [5.41, 5.74) is 2.75. The van der Waals surface area contributed by atoms with Crippen molar-refractivity contribution in [1.82, 2.24) is 24.7 Å². The number of pyridine rings is 1. The van der Waals surface area contributed by atoms with Crippen LogP contribution >= 0.6 is 0 Å². The summed E-state index contributed by atoms with van der Waals surface area (Å²) in [6, 6.07) is 3.63. The molecule has 0 radical (unpaired) electrons. The zero-order chi connectivity index (χ0) is 22.7. The van der Waals surface area contributed by atoms with Crippen LogP contribution in [0.1, 0.15) is 39.2 Å². The van der Waals surface area contributed by atoms with Crippen LogP contribution in [0.3, 0.4) is 0 Å². The summed E-state index contributed by atoms with van der Waals surface area (Å²) in [5.74, 6) is 2.99. The first-order valence-electron chi connectivity index (χ1n) is 10.6. The molecule has 3 aromatic heterocycles. The van der Waals surface area contributed by atoms with Crippen LogP contribution in [0.2, 0.25) is 0 Å². The molecule has 1 aliphatic rings. The molecule has 0 aromatic carbocycles. The lowest BCUT2D eigenvalue weighted by atomic mass is 10.0. The minimum Gasteiger partial charge on any atom is -0.489 e. The van der Waals surface area contributed by atoms with Gasteiger partial charge in [-0.05, 0) is 26.3 Å². The lowest BCUT2D eigenvalue weighted by Crippen LogP contribution is -2.20. The van der Waals surface area contributed by atoms with Gasteiger partial charge in [0, 0.05) is 48.8 Å². The van der Waals surface area contributed by atoms with Crippen molar-refractivity contribution in [3.05, 3.63) is 42.4 Å². The van der Waals surface area contributed by atoms with Crippen LogP contribution in [0.4, 0.5) is 11.6 Å². The minimum absolute atomic E-state index is 0.0677. The Morgan fingerprint density at radius 3 is 2.91 bits per heavy atom. The Balaban J connectivity index is 1.81. The van der Waals surface area contributed by atoms with Gasteiger partial charge < -0.3 is 20.2 Å². The first-order chi connectivity index (χ1) is 15.5. The number of nitrogens with one attached hydrogen (secondary N) is 2. The quantitative estimate of drug-likeness (QED) is 0.589. The summed E-state index contributed by atoms with van der Waals surface area (Å²) >= 11 is 0. The molecule has 1 aliphatic heterocycles. The average molecular weight is 434 g/mol. The van der Waals surface area contributed by atoms with E-state index in [1.54, 1.807) is 36.3 Å². The Hall–Kier alpha value is -3.75. The number of hydrogen-bond donors (Lipinski definition) is 2. The highest BCUT2D eigenvalue weighted by Crippen LogP contribution is 2.32. The monoisotopic (exact) mass is 433 g/mol. The van der Waals surface area contributed by atoms with E-state index in [2.05, 4.69) is 32.3 Å². The summed E-state index contributed by atoms with van der Waals surface area (Å²) in [5, 5.41) is 15.7. The molecule has 9 nitrogen and oxygen atoms in total. The Morgan fingerprint density at radius 1 is 1.31 bits per heavy atom. The van der Waals surface area contributed by atoms with Crippen molar-refractivity contribution in [3.63, 3.8) is 0 Å². The van der Waals surface area contributed by atoms with Gasteiger partial charge in [-0.1, -0.05) is 13.0 Å². The van der Waals surface area contributed by atoms with E-state index in [9.17, 15) is 0 Å². The molecule has 0 saturated heterocycles. The second-order valence-corrected chi connectivity index (χ2v) is 7.56. The number of rotatable bonds is 3. The maximum absolute atomic E-state index is 8.15. The molecule has 4 rings (SSSR count). The van der Waals surface area contributed by atoms with Crippen molar-refractivity contribution in [3.8, 4) is 23.0 Å². The normalized spacial score (nSPS) is 16.1. The molecule has 3 aromatic rings. The Labute approximate surface area is 187 Å². The molecule has 0 amide bonds. The number of aryl methyl sites for hydroxylation is 1. The van der Waals surface area contributed by atoms with Crippen molar-refractivity contribution in [2.24, 2.45) is 7.05 Å². The highest BCUT2D eigenvalue weighted by molar-refractivity contribution is 6.21. The molecule has 0 spiro atoms. The van der Waals surface area contributed by atoms with Gasteiger partial charge in [0.25, 0.3) is 0 Å². The number of aromatic nitrogens is 5. The number of fused-ring (bicyclic) bond motifs is 6. The van der Waals surface area contributed by atoms with Gasteiger partial charge >= 0.3 is 0 Å². The summed E-state index contributed by atoms with van der Waals surface area (Å²) in [6.45, 7) is 6.21. The second kappa shape index (κ2) is 9.17. The van der Waals surface area contributed by atoms with E-state index in [0.29, 0.717) is 47.8 Å². The van der Waals surface area contributed by atoms with Gasteiger partial charge in [-0.3, -0.25) is 0 Å². The summed E-state index contributed by atoms with van der Waals surface area (Å²) < 4.78 is 14.2. The number of nitrogens with zero attached hydrogens (tertiary/aromatic N) is 5. The van der Waals surface area contributed by atoms with Crippen molar-refractivity contribution in [2.45, 2.75) is 39.7 Å². The van der Waals surface area contributed by atoms with Gasteiger partial charge in [-0.15, -0.1) is 0 Å². The third kappa shape index (κ3) is 4.32. The van der Waals surface area contributed by atoms with Crippen LogP contribution in [0.5, 0.6) is 11.6 Å². The third-order valence-electron chi connectivity index (χ3n) is 5.31. The average Bonchev–Trinajstić information content (AvgIpc) is 3.14. The molecule has 166 valence electrons. The highest BCUT2D eigenvalue weighted by Gasteiger charge is 2.20. The van der Waals surface area contributed by atoms with Gasteiger partial charge in [-0.25, -0.2) is 19.6 Å². The predicted molar refractivity (Wildman–Crippen MR) is 124 cm³/mol. The maximum atomic E-state index is 8.15. The first-order valence-corrected chi connectivity index (χ1v) is 10.6.